The van der Waals surface area contributed by atoms with E-state index in [2.05, 4.69) is 40.3 Å². The van der Waals surface area contributed by atoms with E-state index < -0.39 is 0 Å². The molecule has 0 heterocycles. The highest BCUT2D eigenvalue weighted by molar-refractivity contribution is 9.10. The Balaban J connectivity index is 1.66. The van der Waals surface area contributed by atoms with Crippen molar-refractivity contribution < 1.29 is 4.74 Å². The molecule has 1 fully saturated rings. The summed E-state index contributed by atoms with van der Waals surface area (Å²) in [6.45, 7) is 3.30. The summed E-state index contributed by atoms with van der Waals surface area (Å²) in [4.78, 5) is 0. The van der Waals surface area contributed by atoms with Crippen LogP contribution in [0, 0.1) is 6.92 Å². The van der Waals surface area contributed by atoms with E-state index in [4.69, 9.17) is 4.74 Å². The molecular weight excluding hydrogens is 314 g/mol. The van der Waals surface area contributed by atoms with Gasteiger partial charge in [-0.3, -0.25) is 0 Å². The van der Waals surface area contributed by atoms with Gasteiger partial charge in [-0.25, -0.2) is 0 Å². The molecule has 1 aliphatic rings. The molecule has 0 radical (unpaired) electrons. The maximum atomic E-state index is 5.48. The van der Waals surface area contributed by atoms with Gasteiger partial charge in [-0.05, 0) is 68.8 Å². The predicted octanol–water partition coefficient (Wildman–Crippen LogP) is 4.62. The molecule has 1 aromatic rings. The minimum Gasteiger partial charge on any atom is -0.496 e. The third kappa shape index (κ3) is 5.10. The summed E-state index contributed by atoms with van der Waals surface area (Å²) >= 11 is 3.61. The number of halogens is 1. The van der Waals surface area contributed by atoms with Crippen molar-refractivity contribution in [3.05, 3.63) is 27.7 Å². The monoisotopic (exact) mass is 339 g/mol. The average molecular weight is 340 g/mol. The van der Waals surface area contributed by atoms with Gasteiger partial charge in [-0.2, -0.15) is 0 Å². The summed E-state index contributed by atoms with van der Waals surface area (Å²) in [5, 5.41) is 3.57. The van der Waals surface area contributed by atoms with Crippen LogP contribution < -0.4 is 10.1 Å². The van der Waals surface area contributed by atoms with Crippen LogP contribution in [0.2, 0.25) is 0 Å². The van der Waals surface area contributed by atoms with Gasteiger partial charge < -0.3 is 10.1 Å². The number of methoxy groups -OCH3 is 1. The van der Waals surface area contributed by atoms with Crippen molar-refractivity contribution in [3.63, 3.8) is 0 Å². The van der Waals surface area contributed by atoms with Gasteiger partial charge in [0.1, 0.15) is 5.75 Å². The highest BCUT2D eigenvalue weighted by Gasteiger charge is 2.19. The molecule has 0 aliphatic heterocycles. The van der Waals surface area contributed by atoms with Gasteiger partial charge in [-0.15, -0.1) is 0 Å². The van der Waals surface area contributed by atoms with Crippen molar-refractivity contribution in [2.75, 3.05) is 13.7 Å². The van der Waals surface area contributed by atoms with Crippen LogP contribution in [-0.2, 0) is 6.42 Å². The maximum absolute atomic E-state index is 5.48. The van der Waals surface area contributed by atoms with Crippen molar-refractivity contribution >= 4 is 15.9 Å². The van der Waals surface area contributed by atoms with Gasteiger partial charge in [0.05, 0.1) is 7.11 Å². The quantitative estimate of drug-likeness (QED) is 0.662. The first-order valence-corrected chi connectivity index (χ1v) is 8.56. The molecule has 112 valence electrons. The highest BCUT2D eigenvalue weighted by Crippen LogP contribution is 2.28. The molecule has 0 spiro atoms. The molecule has 1 saturated carbocycles. The second-order valence-corrected chi connectivity index (χ2v) is 6.66. The molecule has 2 rings (SSSR count). The number of unbranched alkanes of at least 4 members (excludes halogenated alkanes) is 3. The summed E-state index contributed by atoms with van der Waals surface area (Å²) in [5.74, 6) is 1.03. The molecule has 0 unspecified atom stereocenters. The van der Waals surface area contributed by atoms with Gasteiger partial charge >= 0.3 is 0 Å². The third-order valence-corrected chi connectivity index (χ3v) is 4.80. The summed E-state index contributed by atoms with van der Waals surface area (Å²) in [6.07, 6.45) is 9.08. The SMILES string of the molecule is COc1cc(C)c(Br)cc1CCCCCCNC1CC1. The van der Waals surface area contributed by atoms with Crippen molar-refractivity contribution in [1.82, 2.24) is 5.32 Å². The molecule has 0 aromatic heterocycles. The zero-order chi connectivity index (χ0) is 14.4. The molecule has 0 saturated heterocycles. The third-order valence-electron chi connectivity index (χ3n) is 3.94. The first kappa shape index (κ1) is 15.8. The van der Waals surface area contributed by atoms with Crippen LogP contribution in [0.15, 0.2) is 16.6 Å². The lowest BCUT2D eigenvalue weighted by atomic mass is 10.0. The van der Waals surface area contributed by atoms with Crippen LogP contribution in [0.1, 0.15) is 49.7 Å². The molecule has 0 atom stereocenters. The van der Waals surface area contributed by atoms with Gasteiger partial charge in [0.25, 0.3) is 0 Å². The van der Waals surface area contributed by atoms with Crippen molar-refractivity contribution in [1.29, 1.82) is 0 Å². The smallest absolute Gasteiger partial charge is 0.122 e. The Morgan fingerprint density at radius 3 is 2.65 bits per heavy atom. The van der Waals surface area contributed by atoms with Crippen molar-refractivity contribution in [3.8, 4) is 5.75 Å². The minimum atomic E-state index is 0.851. The summed E-state index contributed by atoms with van der Waals surface area (Å²) in [7, 11) is 1.76. The van der Waals surface area contributed by atoms with E-state index in [0.29, 0.717) is 0 Å². The molecule has 1 aliphatic carbocycles. The molecule has 2 nitrogen and oxygen atoms in total. The van der Waals surface area contributed by atoms with Crippen LogP contribution in [0.5, 0.6) is 5.75 Å². The van der Waals surface area contributed by atoms with Crippen LogP contribution in [-0.4, -0.2) is 19.7 Å². The van der Waals surface area contributed by atoms with Crippen LogP contribution in [0.4, 0.5) is 0 Å². The van der Waals surface area contributed by atoms with Crippen molar-refractivity contribution in [2.24, 2.45) is 0 Å². The van der Waals surface area contributed by atoms with E-state index in [9.17, 15) is 0 Å². The van der Waals surface area contributed by atoms with E-state index in [1.165, 1.54) is 60.7 Å². The summed E-state index contributed by atoms with van der Waals surface area (Å²) < 4.78 is 6.66. The fourth-order valence-corrected chi connectivity index (χ4v) is 2.86. The lowest BCUT2D eigenvalue weighted by Gasteiger charge is -2.11. The number of nitrogens with one attached hydrogen (secondary N) is 1. The Morgan fingerprint density at radius 1 is 1.20 bits per heavy atom. The van der Waals surface area contributed by atoms with Gasteiger partial charge in [0.15, 0.2) is 0 Å². The fraction of sp³-hybridized carbons (Fsp3) is 0.647. The number of ether oxygens (including phenoxy) is 1. The van der Waals surface area contributed by atoms with Crippen LogP contribution in [0.25, 0.3) is 0 Å². The number of benzene rings is 1. The lowest BCUT2D eigenvalue weighted by molar-refractivity contribution is 0.408. The number of hydrogen-bond acceptors (Lipinski definition) is 2. The fourth-order valence-electron chi connectivity index (χ4n) is 2.47. The normalized spacial score (nSPS) is 14.6. The molecule has 1 N–H and O–H groups in total. The van der Waals surface area contributed by atoms with Gasteiger partial charge in [0, 0.05) is 10.5 Å². The molecule has 3 heteroatoms. The van der Waals surface area contributed by atoms with Crippen LogP contribution >= 0.6 is 15.9 Å². The van der Waals surface area contributed by atoms with Crippen molar-refractivity contribution in [2.45, 2.75) is 57.9 Å². The van der Waals surface area contributed by atoms with E-state index in [1.54, 1.807) is 7.11 Å². The van der Waals surface area contributed by atoms with Gasteiger partial charge in [-0.1, -0.05) is 28.8 Å². The first-order valence-electron chi connectivity index (χ1n) is 7.77. The van der Waals surface area contributed by atoms with Gasteiger partial charge in [0.2, 0.25) is 0 Å². The second-order valence-electron chi connectivity index (χ2n) is 5.81. The molecule has 1 aromatic carbocycles. The van der Waals surface area contributed by atoms with E-state index in [-0.39, 0.29) is 0 Å². The molecular formula is C17H26BrNO. The largest absolute Gasteiger partial charge is 0.496 e. The number of aryl methyl sites for hydroxylation is 2. The maximum Gasteiger partial charge on any atom is 0.122 e. The average Bonchev–Trinajstić information content (AvgIpc) is 3.25. The number of rotatable bonds is 9. The minimum absolute atomic E-state index is 0.851. The standard InChI is InChI=1S/C17H26BrNO/c1-13-11-17(20-2)14(12-16(13)18)7-5-3-4-6-10-19-15-8-9-15/h11-12,15,19H,3-10H2,1-2H3. The Hall–Kier alpha value is -0.540. The highest BCUT2D eigenvalue weighted by atomic mass is 79.9. The summed E-state index contributed by atoms with van der Waals surface area (Å²) in [5.41, 5.74) is 2.55. The Bertz CT molecular complexity index is 429. The van der Waals surface area contributed by atoms with E-state index in [0.717, 1.165) is 18.2 Å². The molecule has 20 heavy (non-hydrogen) atoms. The lowest BCUT2D eigenvalue weighted by Crippen LogP contribution is -2.17. The predicted molar refractivity (Wildman–Crippen MR) is 88.6 cm³/mol. The second kappa shape index (κ2) is 8.04. The summed E-state index contributed by atoms with van der Waals surface area (Å²) in [6, 6.07) is 5.19. The zero-order valence-electron chi connectivity index (χ0n) is 12.7. The molecule has 0 amide bonds. The van der Waals surface area contributed by atoms with Crippen LogP contribution in [0.3, 0.4) is 0 Å². The zero-order valence-corrected chi connectivity index (χ0v) is 14.3. The van der Waals surface area contributed by atoms with E-state index >= 15 is 0 Å². The Morgan fingerprint density at radius 2 is 1.95 bits per heavy atom. The Kier molecular flexibility index (Phi) is 6.37. The van der Waals surface area contributed by atoms with E-state index in [1.807, 2.05) is 0 Å². The number of hydrogen-bond donors (Lipinski definition) is 1. The molecule has 0 bridgehead atoms. The first-order chi connectivity index (χ1) is 9.70. The Labute approximate surface area is 131 Å². The topological polar surface area (TPSA) is 21.3 Å².